The van der Waals surface area contributed by atoms with Gasteiger partial charge < -0.3 is 24.2 Å². The summed E-state index contributed by atoms with van der Waals surface area (Å²) in [6.07, 6.45) is 4.41. The maximum absolute atomic E-state index is 12.0. The molecule has 142 valence electrons. The summed E-state index contributed by atoms with van der Waals surface area (Å²) < 4.78 is 21.9. The highest BCUT2D eigenvalue weighted by molar-refractivity contribution is 7.95. The molecule has 0 aliphatic rings. The summed E-state index contributed by atoms with van der Waals surface area (Å²) >= 11 is -1.50. The van der Waals surface area contributed by atoms with Crippen molar-refractivity contribution in [2.24, 2.45) is 0 Å². The van der Waals surface area contributed by atoms with Gasteiger partial charge in [-0.1, -0.05) is 18.2 Å². The lowest BCUT2D eigenvalue weighted by Gasteiger charge is -2.05. The summed E-state index contributed by atoms with van der Waals surface area (Å²) in [5.74, 6) is 0.156. The van der Waals surface area contributed by atoms with Crippen LogP contribution in [-0.2, 0) is 16.0 Å². The van der Waals surface area contributed by atoms with Gasteiger partial charge in [-0.15, -0.1) is 0 Å². The van der Waals surface area contributed by atoms with Crippen LogP contribution in [0.15, 0.2) is 47.9 Å². The number of aromatic hydroxyl groups is 2. The van der Waals surface area contributed by atoms with E-state index in [1.165, 1.54) is 43.9 Å². The number of carbonyl (C=O) groups is 1. The van der Waals surface area contributed by atoms with Crippen LogP contribution >= 0.6 is 0 Å². The normalized spacial score (nSPS) is 12.4. The topological polar surface area (TPSA) is 99.1 Å². The monoisotopic (exact) mass is 388 g/mol. The molecule has 7 heteroatoms. The summed E-state index contributed by atoms with van der Waals surface area (Å²) in [5.41, 5.74) is 1.26. The van der Waals surface area contributed by atoms with Crippen molar-refractivity contribution >= 4 is 29.1 Å². The predicted octanol–water partition coefficient (Wildman–Crippen LogP) is 3.12. The highest BCUT2D eigenvalue weighted by atomic mass is 32.2. The van der Waals surface area contributed by atoms with E-state index in [1.807, 2.05) is 0 Å². The summed E-state index contributed by atoms with van der Waals surface area (Å²) in [4.78, 5) is 11.9. The summed E-state index contributed by atoms with van der Waals surface area (Å²) in [6, 6.07) is 9.51. The summed E-state index contributed by atoms with van der Waals surface area (Å²) in [7, 11) is 2.90. The van der Waals surface area contributed by atoms with Crippen molar-refractivity contribution in [2.75, 3.05) is 20.0 Å². The van der Waals surface area contributed by atoms with Gasteiger partial charge in [0.05, 0.1) is 14.2 Å². The van der Waals surface area contributed by atoms with Crippen molar-refractivity contribution in [1.82, 2.24) is 0 Å². The van der Waals surface area contributed by atoms with Crippen molar-refractivity contribution in [3.8, 4) is 23.0 Å². The van der Waals surface area contributed by atoms with Gasteiger partial charge in [0.2, 0.25) is 5.78 Å². The maximum atomic E-state index is 12.0. The van der Waals surface area contributed by atoms with Gasteiger partial charge in [-0.3, -0.25) is 4.79 Å². The van der Waals surface area contributed by atoms with Crippen molar-refractivity contribution in [3.63, 3.8) is 0 Å². The molecule has 27 heavy (non-hydrogen) atoms. The molecule has 0 heterocycles. The van der Waals surface area contributed by atoms with Gasteiger partial charge in [0.1, 0.15) is 5.41 Å². The van der Waals surface area contributed by atoms with Gasteiger partial charge in [-0.05, 0) is 58.7 Å². The molecule has 2 rings (SSSR count). The Kier molecular flexibility index (Phi) is 7.34. The minimum Gasteiger partial charge on any atom is -0.612 e. The molecule has 0 spiro atoms. The largest absolute Gasteiger partial charge is 0.612 e. The number of ketones is 1. The Labute approximate surface area is 160 Å². The number of hydrogen-bond acceptors (Lipinski definition) is 6. The highest BCUT2D eigenvalue weighted by Crippen LogP contribution is 2.27. The molecule has 0 saturated heterocycles. The maximum Gasteiger partial charge on any atom is 0.205 e. The number of hydrogen-bond donors (Lipinski definition) is 2. The van der Waals surface area contributed by atoms with Crippen molar-refractivity contribution < 1.29 is 29.0 Å². The molecular formula is C20H20O6S. The number of rotatable bonds is 8. The minimum atomic E-state index is -1.50. The quantitative estimate of drug-likeness (QED) is 0.532. The number of methoxy groups -OCH3 is 2. The number of benzene rings is 2. The minimum absolute atomic E-state index is 0.0211. The molecule has 2 N–H and O–H groups in total. The molecule has 0 amide bonds. The van der Waals surface area contributed by atoms with Gasteiger partial charge in [0, 0.05) is 0 Å². The smallest absolute Gasteiger partial charge is 0.205 e. The second-order valence-electron chi connectivity index (χ2n) is 5.49. The Balaban J connectivity index is 1.93. The van der Waals surface area contributed by atoms with E-state index in [-0.39, 0.29) is 23.0 Å². The van der Waals surface area contributed by atoms with E-state index in [0.29, 0.717) is 22.6 Å². The van der Waals surface area contributed by atoms with Gasteiger partial charge in [-0.2, -0.15) is 0 Å². The predicted molar refractivity (Wildman–Crippen MR) is 105 cm³/mol. The molecule has 0 aliphatic heterocycles. The molecule has 0 bridgehead atoms. The first-order valence-corrected chi connectivity index (χ1v) is 9.31. The van der Waals surface area contributed by atoms with E-state index in [0.717, 1.165) is 0 Å². The Bertz CT molecular complexity index is 860. The third kappa shape index (κ3) is 6.09. The van der Waals surface area contributed by atoms with E-state index >= 15 is 0 Å². The second-order valence-corrected chi connectivity index (χ2v) is 6.81. The summed E-state index contributed by atoms with van der Waals surface area (Å²) in [5, 5.41) is 20.8. The van der Waals surface area contributed by atoms with Gasteiger partial charge in [0.25, 0.3) is 0 Å². The van der Waals surface area contributed by atoms with Crippen LogP contribution in [0.1, 0.15) is 11.1 Å². The van der Waals surface area contributed by atoms with Gasteiger partial charge >= 0.3 is 0 Å². The van der Waals surface area contributed by atoms with Crippen LogP contribution in [0.4, 0.5) is 0 Å². The average Bonchev–Trinajstić information content (AvgIpc) is 2.65. The van der Waals surface area contributed by atoms with Gasteiger partial charge in [0.15, 0.2) is 28.8 Å². The lowest BCUT2D eigenvalue weighted by molar-refractivity contribution is -0.112. The van der Waals surface area contributed by atoms with E-state index < -0.39 is 11.2 Å². The zero-order valence-electron chi connectivity index (χ0n) is 14.9. The number of phenols is 2. The van der Waals surface area contributed by atoms with Crippen LogP contribution in [-0.4, -0.2) is 40.5 Å². The third-order valence-electron chi connectivity index (χ3n) is 3.56. The summed E-state index contributed by atoms with van der Waals surface area (Å²) in [6.45, 7) is 0. The zero-order chi connectivity index (χ0) is 19.8. The standard InChI is InChI=1S/C20H20O6S/c1-25-19-7-4-14(11-17(19)22)3-6-16(21)13-27(24)10-9-15-5-8-20(26-2)18(23)12-15/h3-12,22-23H,13H2,1-2H3/b6-3?,10-9-. The molecule has 1 atom stereocenters. The third-order valence-corrected chi connectivity index (χ3v) is 4.57. The van der Waals surface area contributed by atoms with Crippen molar-refractivity contribution in [3.05, 3.63) is 59.0 Å². The molecule has 6 nitrogen and oxygen atoms in total. The zero-order valence-corrected chi connectivity index (χ0v) is 15.7. The molecule has 0 aliphatic carbocycles. The first kappa shape index (κ1) is 20.4. The first-order chi connectivity index (χ1) is 12.9. The number of phenolic OH excluding ortho intramolecular Hbond substituents is 2. The number of allylic oxidation sites excluding steroid dienone is 1. The fourth-order valence-corrected chi connectivity index (χ4v) is 2.98. The van der Waals surface area contributed by atoms with E-state index in [9.17, 15) is 19.6 Å². The fourth-order valence-electron chi connectivity index (χ4n) is 2.20. The van der Waals surface area contributed by atoms with Crippen molar-refractivity contribution in [2.45, 2.75) is 0 Å². The first-order valence-electron chi connectivity index (χ1n) is 7.93. The molecule has 0 saturated carbocycles. The lowest BCUT2D eigenvalue weighted by Crippen LogP contribution is -2.11. The van der Waals surface area contributed by atoms with E-state index in [4.69, 9.17) is 9.47 Å². The SMILES string of the molecule is COc1ccc(C=CC(=O)C[S+]([O-])/C=C\c2ccc(OC)c(O)c2)cc1O. The molecule has 1 unspecified atom stereocenters. The molecule has 0 aromatic heterocycles. The number of ether oxygens (including phenoxy) is 2. The van der Waals surface area contributed by atoms with E-state index in [2.05, 4.69) is 0 Å². The molecule has 0 radical (unpaired) electrons. The van der Waals surface area contributed by atoms with Crippen molar-refractivity contribution in [1.29, 1.82) is 0 Å². The van der Waals surface area contributed by atoms with E-state index in [1.54, 1.807) is 30.3 Å². The molecular weight excluding hydrogens is 368 g/mol. The second kappa shape index (κ2) is 9.70. The van der Waals surface area contributed by atoms with Crippen LogP contribution in [0.25, 0.3) is 12.2 Å². The van der Waals surface area contributed by atoms with Crippen LogP contribution in [0.3, 0.4) is 0 Å². The lowest BCUT2D eigenvalue weighted by atomic mass is 10.2. The fraction of sp³-hybridized carbons (Fsp3) is 0.150. The highest BCUT2D eigenvalue weighted by Gasteiger charge is 2.09. The molecule has 0 fully saturated rings. The van der Waals surface area contributed by atoms with Crippen LogP contribution < -0.4 is 9.47 Å². The molecule has 2 aromatic carbocycles. The van der Waals surface area contributed by atoms with Crippen LogP contribution in [0.5, 0.6) is 23.0 Å². The Morgan fingerprint density at radius 1 is 1.00 bits per heavy atom. The average molecular weight is 388 g/mol. The number of carbonyl (C=O) groups excluding carboxylic acids is 1. The molecule has 2 aromatic rings. The Morgan fingerprint density at radius 3 is 2.00 bits per heavy atom. The Hall–Kier alpha value is -2.90. The van der Waals surface area contributed by atoms with Crippen LogP contribution in [0.2, 0.25) is 0 Å². The Morgan fingerprint density at radius 2 is 1.52 bits per heavy atom. The van der Waals surface area contributed by atoms with Crippen LogP contribution in [0, 0.1) is 0 Å². The van der Waals surface area contributed by atoms with Gasteiger partial charge in [-0.25, -0.2) is 0 Å².